The van der Waals surface area contributed by atoms with Gasteiger partial charge in [0, 0.05) is 18.8 Å². The number of benzene rings is 1. The van der Waals surface area contributed by atoms with Gasteiger partial charge in [-0.2, -0.15) is 5.26 Å². The minimum Gasteiger partial charge on any atom is -0.367 e. The van der Waals surface area contributed by atoms with Crippen molar-refractivity contribution in [2.45, 2.75) is 13.3 Å². The SMILES string of the molecule is CC1=CCN(c2ccc(C#N)c(Cl)c2)CC1. The topological polar surface area (TPSA) is 27.0 Å². The summed E-state index contributed by atoms with van der Waals surface area (Å²) in [6.07, 6.45) is 3.33. The number of anilines is 1. The Balaban J connectivity index is 2.23. The van der Waals surface area contributed by atoms with E-state index in [0.29, 0.717) is 10.6 Å². The van der Waals surface area contributed by atoms with Crippen molar-refractivity contribution < 1.29 is 0 Å². The monoisotopic (exact) mass is 232 g/mol. The zero-order valence-corrected chi connectivity index (χ0v) is 9.96. The zero-order chi connectivity index (χ0) is 11.5. The Morgan fingerprint density at radius 3 is 2.81 bits per heavy atom. The van der Waals surface area contributed by atoms with E-state index in [9.17, 15) is 0 Å². The Labute approximate surface area is 101 Å². The van der Waals surface area contributed by atoms with E-state index in [1.807, 2.05) is 12.1 Å². The van der Waals surface area contributed by atoms with E-state index in [-0.39, 0.29) is 0 Å². The van der Waals surface area contributed by atoms with E-state index in [0.717, 1.165) is 25.2 Å². The molecule has 0 spiro atoms. The van der Waals surface area contributed by atoms with Gasteiger partial charge in [0.25, 0.3) is 0 Å². The second kappa shape index (κ2) is 4.59. The first-order valence-corrected chi connectivity index (χ1v) is 5.69. The maximum absolute atomic E-state index is 8.80. The molecule has 0 bridgehead atoms. The first-order valence-electron chi connectivity index (χ1n) is 5.31. The van der Waals surface area contributed by atoms with E-state index in [1.165, 1.54) is 5.57 Å². The van der Waals surface area contributed by atoms with Crippen molar-refractivity contribution >= 4 is 17.3 Å². The van der Waals surface area contributed by atoms with Crippen LogP contribution in [0, 0.1) is 11.3 Å². The molecule has 0 N–H and O–H groups in total. The summed E-state index contributed by atoms with van der Waals surface area (Å²) >= 11 is 6.01. The van der Waals surface area contributed by atoms with Gasteiger partial charge >= 0.3 is 0 Å². The summed E-state index contributed by atoms with van der Waals surface area (Å²) in [5, 5.41) is 9.33. The van der Waals surface area contributed by atoms with Crippen LogP contribution >= 0.6 is 11.6 Å². The van der Waals surface area contributed by atoms with E-state index >= 15 is 0 Å². The van der Waals surface area contributed by atoms with Crippen LogP contribution in [0.3, 0.4) is 0 Å². The molecule has 0 radical (unpaired) electrons. The van der Waals surface area contributed by atoms with Gasteiger partial charge in [-0.05, 0) is 31.5 Å². The average Bonchev–Trinajstić information content (AvgIpc) is 2.30. The van der Waals surface area contributed by atoms with Gasteiger partial charge in [0.1, 0.15) is 6.07 Å². The van der Waals surface area contributed by atoms with E-state index in [4.69, 9.17) is 16.9 Å². The Hall–Kier alpha value is -1.46. The molecule has 2 rings (SSSR count). The molecule has 0 amide bonds. The molecule has 1 aromatic rings. The summed E-state index contributed by atoms with van der Waals surface area (Å²) in [6, 6.07) is 7.68. The molecule has 0 saturated carbocycles. The number of hydrogen-bond donors (Lipinski definition) is 0. The molecule has 0 atom stereocenters. The molecule has 1 aliphatic heterocycles. The fraction of sp³-hybridized carbons (Fsp3) is 0.308. The number of halogens is 1. The normalized spacial score (nSPS) is 15.6. The minimum atomic E-state index is 0.534. The van der Waals surface area contributed by atoms with Crippen LogP contribution in [-0.4, -0.2) is 13.1 Å². The highest BCUT2D eigenvalue weighted by atomic mass is 35.5. The van der Waals surface area contributed by atoms with Crippen LogP contribution in [0.25, 0.3) is 0 Å². The lowest BCUT2D eigenvalue weighted by Gasteiger charge is -2.27. The lowest BCUT2D eigenvalue weighted by atomic mass is 10.1. The standard InChI is InChI=1S/C13H13ClN2/c1-10-4-6-16(7-5-10)12-3-2-11(9-15)13(14)8-12/h2-4,8H,5-7H2,1H3. The van der Waals surface area contributed by atoms with Crippen molar-refractivity contribution in [1.29, 1.82) is 5.26 Å². The molecule has 0 saturated heterocycles. The molecule has 1 aromatic carbocycles. The highest BCUT2D eigenvalue weighted by Gasteiger charge is 2.11. The number of nitriles is 1. The third-order valence-electron chi connectivity index (χ3n) is 2.87. The Morgan fingerprint density at radius 2 is 2.25 bits per heavy atom. The fourth-order valence-corrected chi connectivity index (χ4v) is 2.01. The molecule has 2 nitrogen and oxygen atoms in total. The van der Waals surface area contributed by atoms with E-state index in [2.05, 4.69) is 24.0 Å². The first kappa shape index (κ1) is 11.0. The summed E-state index contributed by atoms with van der Waals surface area (Å²) in [4.78, 5) is 2.26. The molecule has 0 unspecified atom stereocenters. The maximum atomic E-state index is 8.80. The molecule has 82 valence electrons. The van der Waals surface area contributed by atoms with Crippen LogP contribution in [0.4, 0.5) is 5.69 Å². The van der Waals surface area contributed by atoms with Crippen molar-refractivity contribution in [3.05, 3.63) is 40.4 Å². The predicted octanol–water partition coefficient (Wildman–Crippen LogP) is 3.37. The van der Waals surface area contributed by atoms with E-state index < -0.39 is 0 Å². The van der Waals surface area contributed by atoms with Crippen LogP contribution in [0.2, 0.25) is 5.02 Å². The van der Waals surface area contributed by atoms with Gasteiger partial charge < -0.3 is 4.90 Å². The zero-order valence-electron chi connectivity index (χ0n) is 9.20. The van der Waals surface area contributed by atoms with Crippen molar-refractivity contribution in [3.8, 4) is 6.07 Å². The van der Waals surface area contributed by atoms with Crippen LogP contribution in [0.15, 0.2) is 29.8 Å². The van der Waals surface area contributed by atoms with Gasteiger partial charge in [-0.15, -0.1) is 0 Å². The molecular formula is C13H13ClN2. The molecule has 3 heteroatoms. The van der Waals surface area contributed by atoms with Crippen LogP contribution < -0.4 is 4.90 Å². The van der Waals surface area contributed by atoms with E-state index in [1.54, 1.807) is 6.07 Å². The predicted molar refractivity (Wildman–Crippen MR) is 66.8 cm³/mol. The van der Waals surface area contributed by atoms with Crippen LogP contribution in [0.1, 0.15) is 18.9 Å². The van der Waals surface area contributed by atoms with Crippen LogP contribution in [-0.2, 0) is 0 Å². The smallest absolute Gasteiger partial charge is 0.101 e. The van der Waals surface area contributed by atoms with Crippen molar-refractivity contribution in [2.75, 3.05) is 18.0 Å². The number of hydrogen-bond acceptors (Lipinski definition) is 2. The van der Waals surface area contributed by atoms with Crippen molar-refractivity contribution in [3.63, 3.8) is 0 Å². The second-order valence-corrected chi connectivity index (χ2v) is 4.43. The van der Waals surface area contributed by atoms with Crippen molar-refractivity contribution in [2.24, 2.45) is 0 Å². The first-order chi connectivity index (χ1) is 7.70. The molecule has 0 fully saturated rings. The third kappa shape index (κ3) is 2.20. The fourth-order valence-electron chi connectivity index (χ4n) is 1.80. The Morgan fingerprint density at radius 1 is 1.44 bits per heavy atom. The van der Waals surface area contributed by atoms with Crippen molar-refractivity contribution in [1.82, 2.24) is 0 Å². The van der Waals surface area contributed by atoms with Crippen LogP contribution in [0.5, 0.6) is 0 Å². The summed E-state index contributed by atoms with van der Waals surface area (Å²) in [7, 11) is 0. The number of nitrogens with zero attached hydrogens (tertiary/aromatic N) is 2. The largest absolute Gasteiger partial charge is 0.367 e. The molecule has 0 aromatic heterocycles. The quantitative estimate of drug-likeness (QED) is 0.695. The highest BCUT2D eigenvalue weighted by Crippen LogP contribution is 2.25. The lowest BCUT2D eigenvalue weighted by Crippen LogP contribution is -2.27. The highest BCUT2D eigenvalue weighted by molar-refractivity contribution is 6.32. The van der Waals surface area contributed by atoms with Gasteiger partial charge in [0.15, 0.2) is 0 Å². The van der Waals surface area contributed by atoms with Gasteiger partial charge in [-0.25, -0.2) is 0 Å². The molecule has 16 heavy (non-hydrogen) atoms. The average molecular weight is 233 g/mol. The Bertz CT molecular complexity index is 471. The van der Waals surface area contributed by atoms with Gasteiger partial charge in [0.2, 0.25) is 0 Å². The Kier molecular flexibility index (Phi) is 3.17. The molecular weight excluding hydrogens is 220 g/mol. The summed E-state index contributed by atoms with van der Waals surface area (Å²) in [5.41, 5.74) is 3.07. The third-order valence-corrected chi connectivity index (χ3v) is 3.19. The maximum Gasteiger partial charge on any atom is 0.101 e. The summed E-state index contributed by atoms with van der Waals surface area (Å²) in [6.45, 7) is 4.10. The number of rotatable bonds is 1. The van der Waals surface area contributed by atoms with Gasteiger partial charge in [-0.1, -0.05) is 23.3 Å². The lowest BCUT2D eigenvalue weighted by molar-refractivity contribution is 0.788. The molecule has 1 heterocycles. The summed E-state index contributed by atoms with van der Waals surface area (Å²) in [5.74, 6) is 0. The minimum absolute atomic E-state index is 0.534. The molecule has 0 aliphatic carbocycles. The van der Waals surface area contributed by atoms with Gasteiger partial charge in [0.05, 0.1) is 10.6 Å². The van der Waals surface area contributed by atoms with Gasteiger partial charge in [-0.3, -0.25) is 0 Å². The molecule has 1 aliphatic rings. The second-order valence-electron chi connectivity index (χ2n) is 4.02. The summed E-state index contributed by atoms with van der Waals surface area (Å²) < 4.78 is 0.